The first-order chi connectivity index (χ1) is 12.1. The third kappa shape index (κ3) is 3.49. The Morgan fingerprint density at radius 3 is 2.76 bits per heavy atom. The molecule has 0 aliphatic rings. The summed E-state index contributed by atoms with van der Waals surface area (Å²) in [6, 6.07) is 13.1. The van der Waals surface area contributed by atoms with Crippen LogP contribution in [-0.4, -0.2) is 41.5 Å². The van der Waals surface area contributed by atoms with E-state index in [2.05, 4.69) is 9.97 Å². The van der Waals surface area contributed by atoms with E-state index in [1.807, 2.05) is 18.2 Å². The Morgan fingerprint density at radius 1 is 1.20 bits per heavy atom. The van der Waals surface area contributed by atoms with Crippen molar-refractivity contribution in [2.24, 2.45) is 0 Å². The highest BCUT2D eigenvalue weighted by Gasteiger charge is 2.25. The molecule has 6 heteroatoms. The minimum atomic E-state index is -0.451. The van der Waals surface area contributed by atoms with Gasteiger partial charge < -0.3 is 9.64 Å². The number of rotatable bonds is 5. The minimum absolute atomic E-state index is 0.178. The summed E-state index contributed by atoms with van der Waals surface area (Å²) >= 11 is 0. The molecule has 0 saturated carbocycles. The number of pyridine rings is 2. The third-order valence-corrected chi connectivity index (χ3v) is 4.03. The van der Waals surface area contributed by atoms with Crippen molar-refractivity contribution in [3.05, 3.63) is 71.9 Å². The van der Waals surface area contributed by atoms with Gasteiger partial charge in [0.15, 0.2) is 0 Å². The van der Waals surface area contributed by atoms with E-state index in [0.29, 0.717) is 17.7 Å². The Hall–Kier alpha value is -2.86. The van der Waals surface area contributed by atoms with Gasteiger partial charge in [-0.25, -0.2) is 9.37 Å². The Balaban J connectivity index is 1.94. The smallest absolute Gasteiger partial charge is 0.272 e. The van der Waals surface area contributed by atoms with E-state index in [4.69, 9.17) is 4.74 Å². The molecular formula is C19H18FN3O2. The Morgan fingerprint density at radius 2 is 2.04 bits per heavy atom. The fourth-order valence-corrected chi connectivity index (χ4v) is 2.68. The average molecular weight is 339 g/mol. The number of para-hydroxylation sites is 1. The average Bonchev–Trinajstić information content (AvgIpc) is 2.66. The topological polar surface area (TPSA) is 55.3 Å². The Bertz CT molecular complexity index is 886. The lowest BCUT2D eigenvalue weighted by molar-refractivity contribution is 0.0590. The zero-order valence-corrected chi connectivity index (χ0v) is 14.0. The van der Waals surface area contributed by atoms with Crippen molar-refractivity contribution < 1.29 is 13.9 Å². The van der Waals surface area contributed by atoms with Crippen molar-refractivity contribution in [3.8, 4) is 0 Å². The van der Waals surface area contributed by atoms with Crippen LogP contribution in [0.4, 0.5) is 4.39 Å². The molecule has 2 aromatic heterocycles. The van der Waals surface area contributed by atoms with E-state index in [-0.39, 0.29) is 23.2 Å². The number of benzene rings is 1. The van der Waals surface area contributed by atoms with E-state index in [1.165, 1.54) is 11.0 Å². The summed E-state index contributed by atoms with van der Waals surface area (Å²) in [5, 5.41) is 0.650. The minimum Gasteiger partial charge on any atom is -0.382 e. The van der Waals surface area contributed by atoms with E-state index < -0.39 is 5.82 Å². The maximum Gasteiger partial charge on any atom is 0.272 e. The van der Waals surface area contributed by atoms with Crippen molar-refractivity contribution in [1.82, 2.24) is 14.9 Å². The number of hydrogen-bond acceptors (Lipinski definition) is 4. The monoisotopic (exact) mass is 339 g/mol. The van der Waals surface area contributed by atoms with Crippen molar-refractivity contribution >= 4 is 16.8 Å². The summed E-state index contributed by atoms with van der Waals surface area (Å²) in [7, 11) is 3.23. The van der Waals surface area contributed by atoms with Gasteiger partial charge in [0, 0.05) is 25.7 Å². The number of hydrogen-bond donors (Lipinski definition) is 0. The second-order valence-electron chi connectivity index (χ2n) is 5.65. The van der Waals surface area contributed by atoms with Gasteiger partial charge in [-0.3, -0.25) is 9.78 Å². The van der Waals surface area contributed by atoms with Crippen LogP contribution < -0.4 is 0 Å². The molecule has 0 spiro atoms. The molecule has 0 aliphatic carbocycles. The summed E-state index contributed by atoms with van der Waals surface area (Å²) in [6.07, 6.45) is 1.67. The molecule has 1 atom stereocenters. The van der Waals surface area contributed by atoms with Crippen molar-refractivity contribution in [2.45, 2.75) is 6.04 Å². The van der Waals surface area contributed by atoms with Crippen molar-refractivity contribution in [3.63, 3.8) is 0 Å². The Labute approximate surface area is 145 Å². The van der Waals surface area contributed by atoms with Crippen LogP contribution in [0.15, 0.2) is 54.7 Å². The van der Waals surface area contributed by atoms with Crippen LogP contribution in [0.1, 0.15) is 22.2 Å². The number of methoxy groups -OCH3 is 1. The van der Waals surface area contributed by atoms with Crippen LogP contribution in [0.5, 0.6) is 0 Å². The zero-order valence-electron chi connectivity index (χ0n) is 14.0. The van der Waals surface area contributed by atoms with Crippen LogP contribution in [0, 0.1) is 5.82 Å². The highest BCUT2D eigenvalue weighted by atomic mass is 19.1. The molecule has 1 unspecified atom stereocenters. The molecule has 128 valence electrons. The van der Waals surface area contributed by atoms with E-state index >= 15 is 0 Å². The van der Waals surface area contributed by atoms with Crippen LogP contribution >= 0.6 is 0 Å². The fraction of sp³-hybridized carbons (Fsp3) is 0.211. The quantitative estimate of drug-likeness (QED) is 0.716. The number of halogens is 1. The summed E-state index contributed by atoms with van der Waals surface area (Å²) in [6.45, 7) is 0.293. The van der Waals surface area contributed by atoms with E-state index in [1.54, 1.807) is 44.6 Å². The highest BCUT2D eigenvalue weighted by molar-refractivity contribution is 5.95. The number of nitrogens with zero attached hydrogens (tertiary/aromatic N) is 3. The van der Waals surface area contributed by atoms with Crippen LogP contribution in [0.3, 0.4) is 0 Å². The molecule has 0 N–H and O–H groups in total. The highest BCUT2D eigenvalue weighted by Crippen LogP contribution is 2.21. The summed E-state index contributed by atoms with van der Waals surface area (Å²) in [4.78, 5) is 22.9. The lowest BCUT2D eigenvalue weighted by Gasteiger charge is -2.27. The van der Waals surface area contributed by atoms with Gasteiger partial charge in [0.2, 0.25) is 0 Å². The van der Waals surface area contributed by atoms with Gasteiger partial charge in [-0.05, 0) is 24.3 Å². The second kappa shape index (κ2) is 7.36. The molecule has 3 aromatic rings. The largest absolute Gasteiger partial charge is 0.382 e. The number of fused-ring (bicyclic) bond motifs is 1. The molecule has 1 aromatic carbocycles. The van der Waals surface area contributed by atoms with Crippen LogP contribution in [-0.2, 0) is 4.74 Å². The normalized spacial score (nSPS) is 12.1. The molecule has 0 radical (unpaired) electrons. The SMILES string of the molecule is COCC(c1ccccn1)N(C)C(=O)c1ccc2cccc(F)c2n1. The molecule has 0 aliphatic heterocycles. The maximum atomic E-state index is 14.0. The number of carbonyl (C=O) groups is 1. The van der Waals surface area contributed by atoms with Gasteiger partial charge in [0.05, 0.1) is 18.3 Å². The molecule has 25 heavy (non-hydrogen) atoms. The van der Waals surface area contributed by atoms with E-state index in [0.717, 1.165) is 0 Å². The molecule has 5 nitrogen and oxygen atoms in total. The first kappa shape index (κ1) is 17.0. The number of aromatic nitrogens is 2. The second-order valence-corrected chi connectivity index (χ2v) is 5.65. The standard InChI is InChI=1S/C19H18FN3O2/c1-23(17(12-25-2)15-8-3-4-11-21-15)19(24)16-10-9-13-6-5-7-14(20)18(13)22-16/h3-11,17H,12H2,1-2H3. The van der Waals surface area contributed by atoms with Crippen molar-refractivity contribution in [1.29, 1.82) is 0 Å². The number of carbonyl (C=O) groups excluding carboxylic acids is 1. The first-order valence-corrected chi connectivity index (χ1v) is 7.84. The fourth-order valence-electron chi connectivity index (χ4n) is 2.68. The number of amides is 1. The number of ether oxygens (including phenoxy) is 1. The lowest BCUT2D eigenvalue weighted by atomic mass is 10.1. The maximum absolute atomic E-state index is 14.0. The zero-order chi connectivity index (χ0) is 17.8. The summed E-state index contributed by atoms with van der Waals surface area (Å²) < 4.78 is 19.2. The Kier molecular flexibility index (Phi) is 5.00. The molecule has 3 rings (SSSR count). The van der Waals surface area contributed by atoms with Gasteiger partial charge in [0.1, 0.15) is 17.0 Å². The first-order valence-electron chi connectivity index (χ1n) is 7.84. The van der Waals surface area contributed by atoms with Crippen LogP contribution in [0.2, 0.25) is 0 Å². The molecule has 0 bridgehead atoms. The van der Waals surface area contributed by atoms with Gasteiger partial charge in [-0.15, -0.1) is 0 Å². The summed E-state index contributed by atoms with van der Waals surface area (Å²) in [5.41, 5.74) is 1.08. The predicted molar refractivity (Wildman–Crippen MR) is 92.6 cm³/mol. The van der Waals surface area contributed by atoms with Crippen LogP contribution in [0.25, 0.3) is 10.9 Å². The molecular weight excluding hydrogens is 321 g/mol. The predicted octanol–water partition coefficient (Wildman–Crippen LogP) is 3.23. The molecule has 2 heterocycles. The van der Waals surface area contributed by atoms with Gasteiger partial charge >= 0.3 is 0 Å². The summed E-state index contributed by atoms with van der Waals surface area (Å²) in [5.74, 6) is -0.772. The van der Waals surface area contributed by atoms with Gasteiger partial charge in [-0.2, -0.15) is 0 Å². The third-order valence-electron chi connectivity index (χ3n) is 4.03. The van der Waals surface area contributed by atoms with Gasteiger partial charge in [-0.1, -0.05) is 24.3 Å². The molecule has 1 amide bonds. The van der Waals surface area contributed by atoms with Gasteiger partial charge in [0.25, 0.3) is 5.91 Å². The molecule has 0 saturated heterocycles. The number of likely N-dealkylation sites (N-methyl/N-ethyl adjacent to an activating group) is 1. The lowest BCUT2D eigenvalue weighted by Crippen LogP contribution is -2.34. The van der Waals surface area contributed by atoms with Crippen molar-refractivity contribution in [2.75, 3.05) is 20.8 Å². The molecule has 0 fully saturated rings. The van der Waals surface area contributed by atoms with E-state index in [9.17, 15) is 9.18 Å².